The molecule has 2 aromatic carbocycles. The largest absolute Gasteiger partial charge is 0.493 e. The normalized spacial score (nSPS) is 10.5. The molecule has 0 unspecified atom stereocenters. The predicted molar refractivity (Wildman–Crippen MR) is 77.4 cm³/mol. The van der Waals surface area contributed by atoms with Gasteiger partial charge in [0.05, 0.1) is 11.6 Å². The van der Waals surface area contributed by atoms with Crippen LogP contribution in [0.2, 0.25) is 5.02 Å². The number of aryl methyl sites for hydroxylation is 1. The summed E-state index contributed by atoms with van der Waals surface area (Å²) in [5, 5.41) is 0.618. The van der Waals surface area contributed by atoms with Gasteiger partial charge in [0.25, 0.3) is 0 Å². The fraction of sp³-hybridized carbons (Fsp3) is 0.250. The zero-order valence-electron chi connectivity index (χ0n) is 11.0. The number of ether oxygens (including phenoxy) is 1. The first kappa shape index (κ1) is 13.9. The summed E-state index contributed by atoms with van der Waals surface area (Å²) in [6.45, 7) is 4.49. The molecule has 0 radical (unpaired) electrons. The molecule has 0 atom stereocenters. The van der Waals surface area contributed by atoms with Gasteiger partial charge in [-0.15, -0.1) is 0 Å². The summed E-state index contributed by atoms with van der Waals surface area (Å²) in [6.07, 6.45) is 0.740. The van der Waals surface area contributed by atoms with Crippen LogP contribution in [0.25, 0.3) is 11.1 Å². The highest BCUT2D eigenvalue weighted by atomic mass is 35.5. The smallest absolute Gasteiger partial charge is 0.128 e. The van der Waals surface area contributed by atoms with Crippen LogP contribution in [0.1, 0.15) is 19.4 Å². The van der Waals surface area contributed by atoms with Crippen LogP contribution in [0.3, 0.4) is 0 Å². The van der Waals surface area contributed by atoms with Gasteiger partial charge in [-0.3, -0.25) is 0 Å². The van der Waals surface area contributed by atoms with Crippen LogP contribution in [0.4, 0.5) is 4.39 Å². The molecule has 0 aliphatic carbocycles. The number of benzene rings is 2. The van der Waals surface area contributed by atoms with Crippen molar-refractivity contribution < 1.29 is 9.13 Å². The van der Waals surface area contributed by atoms with Gasteiger partial charge < -0.3 is 4.74 Å². The van der Waals surface area contributed by atoms with Crippen molar-refractivity contribution in [2.75, 3.05) is 6.61 Å². The molecule has 3 heteroatoms. The number of rotatable bonds is 4. The fourth-order valence-electron chi connectivity index (χ4n) is 2.14. The lowest BCUT2D eigenvalue weighted by Crippen LogP contribution is -1.97. The van der Waals surface area contributed by atoms with Gasteiger partial charge in [0.15, 0.2) is 0 Å². The second kappa shape index (κ2) is 6.07. The van der Waals surface area contributed by atoms with E-state index in [0.717, 1.165) is 28.9 Å². The summed E-state index contributed by atoms with van der Waals surface area (Å²) in [6, 6.07) is 10.3. The highest BCUT2D eigenvalue weighted by molar-refractivity contribution is 6.33. The summed E-state index contributed by atoms with van der Waals surface area (Å²) >= 11 is 6.29. The van der Waals surface area contributed by atoms with E-state index >= 15 is 0 Å². The van der Waals surface area contributed by atoms with Gasteiger partial charge in [-0.2, -0.15) is 0 Å². The summed E-state index contributed by atoms with van der Waals surface area (Å²) in [4.78, 5) is 0. The first-order valence-electron chi connectivity index (χ1n) is 6.37. The van der Waals surface area contributed by atoms with Gasteiger partial charge in [-0.1, -0.05) is 30.7 Å². The summed E-state index contributed by atoms with van der Waals surface area (Å²) < 4.78 is 19.0. The average Bonchev–Trinajstić information content (AvgIpc) is 2.40. The summed E-state index contributed by atoms with van der Waals surface area (Å²) in [7, 11) is 0. The minimum atomic E-state index is -0.231. The standard InChI is InChI=1S/C16H16ClFO/c1-3-11-10-12(18)8-9-13(11)16-14(17)6-5-7-15(16)19-4-2/h5-10H,3-4H2,1-2H3. The van der Waals surface area contributed by atoms with Crippen molar-refractivity contribution in [3.63, 3.8) is 0 Å². The lowest BCUT2D eigenvalue weighted by atomic mass is 9.97. The molecule has 100 valence electrons. The van der Waals surface area contributed by atoms with E-state index < -0.39 is 0 Å². The van der Waals surface area contributed by atoms with Gasteiger partial charge in [-0.05, 0) is 48.7 Å². The second-order valence-electron chi connectivity index (χ2n) is 4.20. The molecule has 0 saturated carbocycles. The number of hydrogen-bond donors (Lipinski definition) is 0. The van der Waals surface area contributed by atoms with E-state index in [1.807, 2.05) is 32.0 Å². The van der Waals surface area contributed by atoms with E-state index in [9.17, 15) is 4.39 Å². The lowest BCUT2D eigenvalue weighted by molar-refractivity contribution is 0.341. The lowest BCUT2D eigenvalue weighted by Gasteiger charge is -2.15. The Labute approximate surface area is 118 Å². The van der Waals surface area contributed by atoms with Crippen LogP contribution in [0.15, 0.2) is 36.4 Å². The van der Waals surface area contributed by atoms with Gasteiger partial charge in [0.2, 0.25) is 0 Å². The Kier molecular flexibility index (Phi) is 4.43. The minimum absolute atomic E-state index is 0.231. The maximum Gasteiger partial charge on any atom is 0.128 e. The first-order chi connectivity index (χ1) is 9.17. The van der Waals surface area contributed by atoms with Crippen LogP contribution in [-0.4, -0.2) is 6.61 Å². The predicted octanol–water partition coefficient (Wildman–Crippen LogP) is 5.11. The molecule has 0 spiro atoms. The average molecular weight is 279 g/mol. The van der Waals surface area contributed by atoms with Crippen LogP contribution in [-0.2, 0) is 6.42 Å². The van der Waals surface area contributed by atoms with Crippen molar-refractivity contribution in [3.05, 3.63) is 52.8 Å². The van der Waals surface area contributed by atoms with Crippen molar-refractivity contribution >= 4 is 11.6 Å². The van der Waals surface area contributed by atoms with Crippen LogP contribution >= 0.6 is 11.6 Å². The van der Waals surface area contributed by atoms with E-state index in [1.54, 1.807) is 12.1 Å². The molecule has 0 saturated heterocycles. The van der Waals surface area contributed by atoms with Crippen LogP contribution in [0.5, 0.6) is 5.75 Å². The molecule has 0 heterocycles. The van der Waals surface area contributed by atoms with Gasteiger partial charge in [-0.25, -0.2) is 4.39 Å². The van der Waals surface area contributed by atoms with Crippen LogP contribution < -0.4 is 4.74 Å². The Morgan fingerprint density at radius 3 is 2.63 bits per heavy atom. The highest BCUT2D eigenvalue weighted by Gasteiger charge is 2.14. The summed E-state index contributed by atoms with van der Waals surface area (Å²) in [5.41, 5.74) is 2.69. The maximum atomic E-state index is 13.3. The highest BCUT2D eigenvalue weighted by Crippen LogP contribution is 2.38. The topological polar surface area (TPSA) is 9.23 Å². The Morgan fingerprint density at radius 2 is 1.95 bits per heavy atom. The third-order valence-corrected chi connectivity index (χ3v) is 3.31. The summed E-state index contributed by atoms with van der Waals surface area (Å²) in [5.74, 6) is 0.502. The third kappa shape index (κ3) is 2.90. The Hall–Kier alpha value is -1.54. The van der Waals surface area contributed by atoms with E-state index in [4.69, 9.17) is 16.3 Å². The zero-order chi connectivity index (χ0) is 13.8. The molecule has 0 amide bonds. The maximum absolute atomic E-state index is 13.3. The van der Waals surface area contributed by atoms with Crippen LogP contribution in [0, 0.1) is 5.82 Å². The Balaban J connectivity index is 2.64. The zero-order valence-corrected chi connectivity index (χ0v) is 11.8. The quantitative estimate of drug-likeness (QED) is 0.755. The van der Waals surface area contributed by atoms with E-state index in [-0.39, 0.29) is 5.82 Å². The molecule has 0 N–H and O–H groups in total. The monoisotopic (exact) mass is 278 g/mol. The van der Waals surface area contributed by atoms with Crippen molar-refractivity contribution in [3.8, 4) is 16.9 Å². The SMILES string of the molecule is CCOc1cccc(Cl)c1-c1ccc(F)cc1CC. The number of hydrogen-bond acceptors (Lipinski definition) is 1. The van der Waals surface area contributed by atoms with E-state index in [2.05, 4.69) is 0 Å². The Morgan fingerprint density at radius 1 is 1.16 bits per heavy atom. The molecule has 0 aliphatic rings. The van der Waals surface area contributed by atoms with Gasteiger partial charge in [0.1, 0.15) is 11.6 Å². The molecule has 19 heavy (non-hydrogen) atoms. The molecule has 0 aliphatic heterocycles. The molecule has 0 bridgehead atoms. The van der Waals surface area contributed by atoms with Gasteiger partial charge in [0, 0.05) is 5.56 Å². The molecule has 0 aromatic heterocycles. The van der Waals surface area contributed by atoms with E-state index in [1.165, 1.54) is 6.07 Å². The minimum Gasteiger partial charge on any atom is -0.493 e. The first-order valence-corrected chi connectivity index (χ1v) is 6.75. The molecule has 0 fully saturated rings. The molecule has 1 nitrogen and oxygen atoms in total. The second-order valence-corrected chi connectivity index (χ2v) is 4.61. The van der Waals surface area contributed by atoms with E-state index in [0.29, 0.717) is 11.6 Å². The van der Waals surface area contributed by atoms with Crippen molar-refractivity contribution in [2.24, 2.45) is 0 Å². The van der Waals surface area contributed by atoms with Gasteiger partial charge >= 0.3 is 0 Å². The molecular formula is C16H16ClFO. The third-order valence-electron chi connectivity index (χ3n) is 2.99. The molecule has 2 rings (SSSR count). The Bertz CT molecular complexity index is 581. The fourth-order valence-corrected chi connectivity index (χ4v) is 2.41. The number of halogens is 2. The van der Waals surface area contributed by atoms with Crippen molar-refractivity contribution in [2.45, 2.75) is 20.3 Å². The van der Waals surface area contributed by atoms with Crippen molar-refractivity contribution in [1.82, 2.24) is 0 Å². The van der Waals surface area contributed by atoms with Crippen molar-refractivity contribution in [1.29, 1.82) is 0 Å². The molecular weight excluding hydrogens is 263 g/mol. The molecule has 2 aromatic rings.